The molecule has 0 radical (unpaired) electrons. The maximum atomic E-state index is 8.47. The van der Waals surface area contributed by atoms with Crippen molar-refractivity contribution in [1.29, 1.82) is 0 Å². The Bertz CT molecular complexity index is 424. The minimum atomic E-state index is -0.391. The third-order valence-electron chi connectivity index (χ3n) is 2.51. The van der Waals surface area contributed by atoms with Crippen LogP contribution >= 0.6 is 15.9 Å². The molecular formula is C12H18BrN3O2. The molecule has 4 N–H and O–H groups in total. The quantitative estimate of drug-likeness (QED) is 0.247. The molecule has 0 aromatic heterocycles. The van der Waals surface area contributed by atoms with Gasteiger partial charge in [0.05, 0.1) is 6.61 Å². The van der Waals surface area contributed by atoms with Gasteiger partial charge in [-0.1, -0.05) is 17.3 Å². The number of anilines is 1. The van der Waals surface area contributed by atoms with E-state index in [1.54, 1.807) is 6.92 Å². The minimum Gasteiger partial charge on any atom is -0.409 e. The Morgan fingerprint density at radius 1 is 1.61 bits per heavy atom. The van der Waals surface area contributed by atoms with Gasteiger partial charge in [0.2, 0.25) is 0 Å². The van der Waals surface area contributed by atoms with Crippen LogP contribution in [0.5, 0.6) is 0 Å². The normalized spacial score (nSPS) is 13.4. The SMILES string of the molecule is Cc1cccc(NCCOC(C)/C(N)=N/O)c1Br. The summed E-state index contributed by atoms with van der Waals surface area (Å²) in [5, 5.41) is 14.6. The molecule has 0 saturated heterocycles. The molecule has 1 unspecified atom stereocenters. The van der Waals surface area contributed by atoms with Crippen LogP contribution in [0.25, 0.3) is 0 Å². The van der Waals surface area contributed by atoms with E-state index in [-0.39, 0.29) is 5.84 Å². The van der Waals surface area contributed by atoms with Gasteiger partial charge in [-0.2, -0.15) is 0 Å². The molecule has 18 heavy (non-hydrogen) atoms. The Balaban J connectivity index is 2.36. The molecule has 6 heteroatoms. The smallest absolute Gasteiger partial charge is 0.168 e. The summed E-state index contributed by atoms with van der Waals surface area (Å²) < 4.78 is 6.44. The predicted molar refractivity (Wildman–Crippen MR) is 76.2 cm³/mol. The Labute approximate surface area is 115 Å². The molecule has 1 rings (SSSR count). The number of rotatable bonds is 6. The van der Waals surface area contributed by atoms with Crippen LogP contribution in [0, 0.1) is 6.92 Å². The molecule has 0 fully saturated rings. The fourth-order valence-corrected chi connectivity index (χ4v) is 1.78. The highest BCUT2D eigenvalue weighted by molar-refractivity contribution is 9.10. The van der Waals surface area contributed by atoms with Gasteiger partial charge in [-0.05, 0) is 41.4 Å². The highest BCUT2D eigenvalue weighted by Gasteiger charge is 2.07. The average Bonchev–Trinajstić information content (AvgIpc) is 2.38. The van der Waals surface area contributed by atoms with Crippen LogP contribution in [0.1, 0.15) is 12.5 Å². The van der Waals surface area contributed by atoms with Gasteiger partial charge in [0, 0.05) is 16.7 Å². The lowest BCUT2D eigenvalue weighted by atomic mass is 10.2. The number of nitrogens with one attached hydrogen (secondary N) is 1. The second kappa shape index (κ2) is 7.23. The number of amidine groups is 1. The van der Waals surface area contributed by atoms with Crippen LogP contribution in [-0.2, 0) is 4.74 Å². The summed E-state index contributed by atoms with van der Waals surface area (Å²) in [6, 6.07) is 6.01. The number of aryl methyl sites for hydroxylation is 1. The largest absolute Gasteiger partial charge is 0.409 e. The predicted octanol–water partition coefficient (Wildman–Crippen LogP) is 2.32. The Morgan fingerprint density at radius 3 is 3.00 bits per heavy atom. The van der Waals surface area contributed by atoms with Crippen molar-refractivity contribution in [3.63, 3.8) is 0 Å². The first-order valence-electron chi connectivity index (χ1n) is 5.64. The highest BCUT2D eigenvalue weighted by Crippen LogP contribution is 2.25. The molecule has 1 aromatic carbocycles. The van der Waals surface area contributed by atoms with E-state index in [2.05, 4.69) is 26.4 Å². The Morgan fingerprint density at radius 2 is 2.33 bits per heavy atom. The zero-order valence-electron chi connectivity index (χ0n) is 10.5. The topological polar surface area (TPSA) is 79.9 Å². The first kappa shape index (κ1) is 14.8. The highest BCUT2D eigenvalue weighted by atomic mass is 79.9. The monoisotopic (exact) mass is 315 g/mol. The van der Waals surface area contributed by atoms with Crippen molar-refractivity contribution in [3.05, 3.63) is 28.2 Å². The van der Waals surface area contributed by atoms with Gasteiger partial charge in [-0.25, -0.2) is 0 Å². The van der Waals surface area contributed by atoms with Gasteiger partial charge in [-0.3, -0.25) is 0 Å². The fourth-order valence-electron chi connectivity index (χ4n) is 1.37. The molecule has 1 aromatic rings. The zero-order valence-corrected chi connectivity index (χ0v) is 12.1. The number of benzene rings is 1. The second-order valence-electron chi connectivity index (χ2n) is 3.90. The van der Waals surface area contributed by atoms with Gasteiger partial charge in [0.1, 0.15) is 6.10 Å². The van der Waals surface area contributed by atoms with Crippen molar-refractivity contribution in [2.75, 3.05) is 18.5 Å². The Kier molecular flexibility index (Phi) is 5.94. The van der Waals surface area contributed by atoms with Crippen LogP contribution in [0.4, 0.5) is 5.69 Å². The van der Waals surface area contributed by atoms with Crippen LogP contribution < -0.4 is 11.1 Å². The lowest BCUT2D eigenvalue weighted by Crippen LogP contribution is -2.30. The molecular weight excluding hydrogens is 298 g/mol. The van der Waals surface area contributed by atoms with Crippen molar-refractivity contribution in [1.82, 2.24) is 0 Å². The number of hydrogen-bond donors (Lipinski definition) is 3. The standard InChI is InChI=1S/C12H18BrN3O2/c1-8-4-3-5-10(11(8)13)15-6-7-18-9(2)12(14)16-17/h3-5,9,15,17H,6-7H2,1-2H3,(H2,14,16). The van der Waals surface area contributed by atoms with Gasteiger partial charge >= 0.3 is 0 Å². The summed E-state index contributed by atoms with van der Waals surface area (Å²) in [4.78, 5) is 0. The van der Waals surface area contributed by atoms with Crippen molar-refractivity contribution in [2.24, 2.45) is 10.9 Å². The summed E-state index contributed by atoms with van der Waals surface area (Å²) >= 11 is 3.52. The van der Waals surface area contributed by atoms with E-state index in [0.29, 0.717) is 13.2 Å². The van der Waals surface area contributed by atoms with Gasteiger partial charge in [0.15, 0.2) is 5.84 Å². The molecule has 0 amide bonds. The zero-order chi connectivity index (χ0) is 13.5. The second-order valence-corrected chi connectivity index (χ2v) is 4.69. The van der Waals surface area contributed by atoms with Gasteiger partial charge in [0.25, 0.3) is 0 Å². The number of hydrogen-bond acceptors (Lipinski definition) is 4. The van der Waals surface area contributed by atoms with Crippen molar-refractivity contribution in [3.8, 4) is 0 Å². The third-order valence-corrected chi connectivity index (χ3v) is 3.56. The van der Waals surface area contributed by atoms with E-state index >= 15 is 0 Å². The number of halogens is 1. The summed E-state index contributed by atoms with van der Waals surface area (Å²) in [5.41, 5.74) is 7.60. The first-order valence-corrected chi connectivity index (χ1v) is 6.43. The third kappa shape index (κ3) is 4.19. The van der Waals surface area contributed by atoms with Crippen LogP contribution in [0.15, 0.2) is 27.8 Å². The minimum absolute atomic E-state index is 0.0757. The average molecular weight is 316 g/mol. The molecule has 0 saturated carbocycles. The van der Waals surface area contributed by atoms with E-state index in [1.807, 2.05) is 25.1 Å². The summed E-state index contributed by atoms with van der Waals surface area (Å²) in [7, 11) is 0. The number of nitrogens with zero attached hydrogens (tertiary/aromatic N) is 1. The molecule has 0 spiro atoms. The lowest BCUT2D eigenvalue weighted by molar-refractivity contribution is 0.115. The maximum absolute atomic E-state index is 8.47. The molecule has 100 valence electrons. The fraction of sp³-hybridized carbons (Fsp3) is 0.417. The van der Waals surface area contributed by atoms with E-state index in [4.69, 9.17) is 15.7 Å². The van der Waals surface area contributed by atoms with Crippen molar-refractivity contribution < 1.29 is 9.94 Å². The van der Waals surface area contributed by atoms with E-state index in [9.17, 15) is 0 Å². The lowest BCUT2D eigenvalue weighted by Gasteiger charge is -2.13. The maximum Gasteiger partial charge on any atom is 0.168 e. The van der Waals surface area contributed by atoms with Crippen LogP contribution in [0.3, 0.4) is 0 Å². The summed E-state index contributed by atoms with van der Waals surface area (Å²) in [6.45, 7) is 4.88. The van der Waals surface area contributed by atoms with Crippen LogP contribution in [-0.4, -0.2) is 30.3 Å². The van der Waals surface area contributed by atoms with Crippen LogP contribution in [0.2, 0.25) is 0 Å². The molecule has 0 aliphatic carbocycles. The van der Waals surface area contributed by atoms with E-state index in [1.165, 1.54) is 5.56 Å². The molecule has 0 aliphatic rings. The van der Waals surface area contributed by atoms with Crippen molar-refractivity contribution >= 4 is 27.5 Å². The van der Waals surface area contributed by atoms with E-state index < -0.39 is 6.10 Å². The molecule has 0 heterocycles. The van der Waals surface area contributed by atoms with Crippen molar-refractivity contribution in [2.45, 2.75) is 20.0 Å². The number of nitrogens with two attached hydrogens (primary N) is 1. The molecule has 5 nitrogen and oxygen atoms in total. The summed E-state index contributed by atoms with van der Waals surface area (Å²) in [5.74, 6) is 0.0757. The Hall–Kier alpha value is -1.27. The number of ether oxygens (including phenoxy) is 1. The van der Waals surface area contributed by atoms with E-state index in [0.717, 1.165) is 10.2 Å². The van der Waals surface area contributed by atoms with Gasteiger partial charge < -0.3 is 21.0 Å². The first-order chi connectivity index (χ1) is 8.56. The number of oxime groups is 1. The molecule has 0 bridgehead atoms. The molecule has 1 atom stereocenters. The summed E-state index contributed by atoms with van der Waals surface area (Å²) in [6.07, 6.45) is -0.391. The molecule has 0 aliphatic heterocycles. The van der Waals surface area contributed by atoms with Gasteiger partial charge in [-0.15, -0.1) is 0 Å².